The van der Waals surface area contributed by atoms with Crippen molar-refractivity contribution in [2.24, 2.45) is 10.8 Å². The second kappa shape index (κ2) is 14.9. The van der Waals surface area contributed by atoms with Gasteiger partial charge in [0.1, 0.15) is 11.5 Å². The lowest BCUT2D eigenvalue weighted by Crippen LogP contribution is -2.70. The van der Waals surface area contributed by atoms with Crippen molar-refractivity contribution in [2.45, 2.75) is 40.0 Å². The minimum absolute atomic E-state index is 0.0620. The van der Waals surface area contributed by atoms with Crippen molar-refractivity contribution in [2.75, 3.05) is 53.5 Å². The molecule has 0 atom stereocenters. The highest BCUT2D eigenvalue weighted by Crippen LogP contribution is 2.42. The van der Waals surface area contributed by atoms with E-state index in [1.54, 1.807) is 36.4 Å². The molecule has 6 rings (SSSR count). The Morgan fingerprint density at radius 3 is 1.50 bits per heavy atom. The van der Waals surface area contributed by atoms with E-state index in [0.29, 0.717) is 26.2 Å². The van der Waals surface area contributed by atoms with Gasteiger partial charge in [-0.15, -0.1) is 0 Å². The van der Waals surface area contributed by atoms with E-state index in [4.69, 9.17) is 9.47 Å². The summed E-state index contributed by atoms with van der Waals surface area (Å²) in [7, 11) is 3.29. The Morgan fingerprint density at radius 2 is 1.14 bits per heavy atom. The van der Waals surface area contributed by atoms with Gasteiger partial charge in [-0.25, -0.2) is 0 Å². The zero-order valence-electron chi connectivity index (χ0n) is 29.2. The van der Waals surface area contributed by atoms with Crippen LogP contribution in [0.2, 0.25) is 0 Å². The lowest BCUT2D eigenvalue weighted by atomic mass is 9.64. The largest absolute Gasteiger partial charge is 0.496 e. The molecule has 0 aliphatic carbocycles. The number of ether oxygens (including phenoxy) is 2. The van der Waals surface area contributed by atoms with Gasteiger partial charge in [-0.3, -0.25) is 23.7 Å². The van der Waals surface area contributed by atoms with Gasteiger partial charge in [0, 0.05) is 75.2 Å². The van der Waals surface area contributed by atoms with Crippen LogP contribution in [0, 0.1) is 10.8 Å². The monoisotopic (exact) mass is 682 g/mol. The van der Waals surface area contributed by atoms with Crippen LogP contribution < -0.4 is 20.1 Å². The minimum Gasteiger partial charge on any atom is -0.496 e. The quantitative estimate of drug-likeness (QED) is 0.206. The summed E-state index contributed by atoms with van der Waals surface area (Å²) in [6, 6.07) is 15.7. The molecule has 264 valence electrons. The third kappa shape index (κ3) is 7.74. The number of fused-ring (bicyclic) bond motifs is 2. The molecule has 2 aliphatic heterocycles. The van der Waals surface area contributed by atoms with E-state index in [9.17, 15) is 14.4 Å². The number of aromatic nitrogens is 4. The Morgan fingerprint density at radius 1 is 0.720 bits per heavy atom. The summed E-state index contributed by atoms with van der Waals surface area (Å²) in [5, 5.41) is 15.2. The fourth-order valence-corrected chi connectivity index (χ4v) is 7.38. The van der Waals surface area contributed by atoms with Crippen LogP contribution in [-0.2, 0) is 40.6 Å². The van der Waals surface area contributed by atoms with E-state index < -0.39 is 10.8 Å². The molecule has 2 aromatic heterocycles. The van der Waals surface area contributed by atoms with Crippen molar-refractivity contribution in [1.82, 2.24) is 40.0 Å². The molecule has 13 heteroatoms. The van der Waals surface area contributed by atoms with Crippen molar-refractivity contribution in [3.63, 3.8) is 0 Å². The number of carbonyl (C=O) groups is 3. The van der Waals surface area contributed by atoms with Crippen molar-refractivity contribution >= 4 is 17.6 Å². The van der Waals surface area contributed by atoms with Gasteiger partial charge >= 0.3 is 0 Å². The molecular formula is C37H46N8O5. The van der Waals surface area contributed by atoms with Gasteiger partial charge in [0.25, 0.3) is 0 Å². The average Bonchev–Trinajstić information content (AvgIpc) is 3.81. The summed E-state index contributed by atoms with van der Waals surface area (Å²) in [4.78, 5) is 44.1. The van der Waals surface area contributed by atoms with Crippen LogP contribution in [0.1, 0.15) is 36.1 Å². The molecule has 2 bridgehead atoms. The Balaban J connectivity index is 1.01. The number of benzene rings is 2. The molecule has 0 saturated carbocycles. The number of hydrogen-bond acceptors (Lipinski definition) is 9. The summed E-state index contributed by atoms with van der Waals surface area (Å²) < 4.78 is 14.7. The highest BCUT2D eigenvalue weighted by atomic mass is 16.5. The molecule has 0 radical (unpaired) electrons. The molecule has 2 aliphatic rings. The first-order valence-corrected chi connectivity index (χ1v) is 16.9. The van der Waals surface area contributed by atoms with E-state index in [1.165, 1.54) is 0 Å². The molecule has 0 spiro atoms. The second-order valence-electron chi connectivity index (χ2n) is 13.9. The number of nitrogens with one attached hydrogen (secondary N) is 2. The molecular weight excluding hydrogens is 636 g/mol. The first kappa shape index (κ1) is 34.8. The number of likely N-dealkylation sites (tertiary alicyclic amines) is 2. The van der Waals surface area contributed by atoms with Crippen LogP contribution in [0.15, 0.2) is 73.3 Å². The van der Waals surface area contributed by atoms with Crippen LogP contribution in [0.3, 0.4) is 0 Å². The van der Waals surface area contributed by atoms with Crippen LogP contribution in [-0.4, -0.2) is 100 Å². The average molecular weight is 683 g/mol. The van der Waals surface area contributed by atoms with Crippen LogP contribution >= 0.6 is 0 Å². The normalized spacial score (nSPS) is 20.2. The van der Waals surface area contributed by atoms with E-state index in [2.05, 4.69) is 33.0 Å². The van der Waals surface area contributed by atoms with Crippen molar-refractivity contribution in [3.8, 4) is 11.5 Å². The number of carbonyl (C=O) groups excluding carboxylic acids is 3. The summed E-state index contributed by atoms with van der Waals surface area (Å²) >= 11 is 0. The Bertz CT molecular complexity index is 1660. The maximum Gasteiger partial charge on any atom is 0.236 e. The SMILES string of the molecule is COc1ccc(CNCC(=O)N2CC3(C)CN(C(=O)CNCc4ccc(OC)c(Cn5cccn5)c4)CC(C)(C2)C3=O)cc1Cn1cccn1. The van der Waals surface area contributed by atoms with Gasteiger partial charge in [-0.1, -0.05) is 12.1 Å². The second-order valence-corrected chi connectivity index (χ2v) is 13.9. The lowest BCUT2D eigenvalue weighted by Gasteiger charge is -2.55. The number of Topliss-reactive ketones (excluding diaryl/α,β-unsaturated/α-hetero) is 1. The minimum atomic E-state index is -0.842. The fraction of sp³-hybridized carbons (Fsp3) is 0.432. The third-order valence-electron chi connectivity index (χ3n) is 9.64. The molecule has 2 N–H and O–H groups in total. The van der Waals surface area contributed by atoms with E-state index >= 15 is 0 Å². The number of hydrogen-bond donors (Lipinski definition) is 2. The molecule has 2 aromatic carbocycles. The van der Waals surface area contributed by atoms with E-state index in [0.717, 1.165) is 33.8 Å². The molecule has 2 fully saturated rings. The zero-order valence-corrected chi connectivity index (χ0v) is 29.2. The number of nitrogens with zero attached hydrogens (tertiary/aromatic N) is 6. The molecule has 2 amide bonds. The zero-order chi connectivity index (χ0) is 35.3. The van der Waals surface area contributed by atoms with Gasteiger partial charge in [-0.05, 0) is 61.4 Å². The molecule has 13 nitrogen and oxygen atoms in total. The third-order valence-corrected chi connectivity index (χ3v) is 9.64. The number of rotatable bonds is 14. The molecule has 4 heterocycles. The van der Waals surface area contributed by atoms with Gasteiger partial charge in [0.2, 0.25) is 11.8 Å². The number of amides is 2. The summed E-state index contributed by atoms with van der Waals surface area (Å²) in [5.74, 6) is 1.55. The number of piperidine rings is 2. The summed E-state index contributed by atoms with van der Waals surface area (Å²) in [6.07, 6.45) is 7.28. The number of methoxy groups -OCH3 is 2. The maximum absolute atomic E-state index is 13.6. The van der Waals surface area contributed by atoms with Crippen molar-refractivity contribution < 1.29 is 23.9 Å². The molecule has 50 heavy (non-hydrogen) atoms. The van der Waals surface area contributed by atoms with Crippen molar-refractivity contribution in [3.05, 3.63) is 95.6 Å². The molecule has 2 saturated heterocycles. The highest BCUT2D eigenvalue weighted by molar-refractivity contribution is 5.95. The topological polar surface area (TPSA) is 136 Å². The Labute approximate surface area is 292 Å². The van der Waals surface area contributed by atoms with Gasteiger partial charge < -0.3 is 29.9 Å². The van der Waals surface area contributed by atoms with Crippen LogP contribution in [0.4, 0.5) is 0 Å². The van der Waals surface area contributed by atoms with Gasteiger partial charge in [-0.2, -0.15) is 10.2 Å². The first-order chi connectivity index (χ1) is 24.1. The summed E-state index contributed by atoms with van der Waals surface area (Å²) in [6.45, 7) is 7.31. The highest BCUT2D eigenvalue weighted by Gasteiger charge is 2.57. The van der Waals surface area contributed by atoms with Crippen molar-refractivity contribution in [1.29, 1.82) is 0 Å². The number of ketones is 1. The van der Waals surface area contributed by atoms with Crippen LogP contribution in [0.5, 0.6) is 11.5 Å². The molecule has 4 aromatic rings. The molecule has 0 unspecified atom stereocenters. The Hall–Kier alpha value is -5.01. The maximum atomic E-state index is 13.6. The Kier molecular flexibility index (Phi) is 10.3. The lowest BCUT2D eigenvalue weighted by molar-refractivity contribution is -0.165. The van der Waals surface area contributed by atoms with E-state index in [1.807, 2.05) is 72.0 Å². The van der Waals surface area contributed by atoms with Crippen LogP contribution in [0.25, 0.3) is 0 Å². The van der Waals surface area contributed by atoms with E-state index in [-0.39, 0.29) is 56.9 Å². The first-order valence-electron chi connectivity index (χ1n) is 16.9. The summed E-state index contributed by atoms with van der Waals surface area (Å²) in [5.41, 5.74) is 2.35. The standard InChI is InChI=1S/C37H46N8O5/c1-36-23-42(33(46)19-38-17-27-7-9-31(49-3)29(15-27)21-44-13-5-11-40-44)25-37(2,35(36)48)26-43(24-36)34(47)20-39-18-28-8-10-32(50-4)30(16-28)22-45-14-6-12-41-45/h5-16,38-39H,17-26H2,1-4H3. The van der Waals surface area contributed by atoms with Gasteiger partial charge in [0.15, 0.2) is 5.78 Å². The van der Waals surface area contributed by atoms with Gasteiger partial charge in [0.05, 0.1) is 51.2 Å². The smallest absolute Gasteiger partial charge is 0.236 e. The predicted molar refractivity (Wildman–Crippen MR) is 186 cm³/mol. The predicted octanol–water partition coefficient (Wildman–Crippen LogP) is 2.34. The fourth-order valence-electron chi connectivity index (χ4n) is 7.38.